The van der Waals surface area contributed by atoms with Crippen molar-refractivity contribution in [2.75, 3.05) is 31.7 Å². The third-order valence-electron chi connectivity index (χ3n) is 2.72. The first-order valence-electron chi connectivity index (χ1n) is 6.63. The van der Waals surface area contributed by atoms with Gasteiger partial charge in [-0.25, -0.2) is 8.42 Å². The van der Waals surface area contributed by atoms with Crippen LogP contribution in [0.25, 0.3) is 0 Å². The van der Waals surface area contributed by atoms with Crippen LogP contribution in [0.5, 0.6) is 0 Å². The number of carbonyl (C=O) groups is 1. The summed E-state index contributed by atoms with van der Waals surface area (Å²) in [7, 11) is 1.72. The summed E-state index contributed by atoms with van der Waals surface area (Å²) in [5.74, 6) is -0.516. The van der Waals surface area contributed by atoms with Crippen LogP contribution in [0.3, 0.4) is 0 Å². The molecule has 0 unspecified atom stereocenters. The van der Waals surface area contributed by atoms with Crippen LogP contribution in [0, 0.1) is 0 Å². The zero-order valence-corrected chi connectivity index (χ0v) is 13.4. The minimum absolute atomic E-state index is 0.0953. The number of anilines is 1. The highest BCUT2D eigenvalue weighted by Crippen LogP contribution is 2.14. The van der Waals surface area contributed by atoms with E-state index in [2.05, 4.69) is 9.46 Å². The van der Waals surface area contributed by atoms with Crippen molar-refractivity contribution in [3.63, 3.8) is 0 Å². The van der Waals surface area contributed by atoms with E-state index < -0.39 is 16.0 Å². The fraction of sp³-hybridized carbons (Fsp3) is 0.500. The Hall–Kier alpha value is -1.60. The molecular weight excluding hydrogens is 292 g/mol. The number of hydrogen-bond acceptors (Lipinski definition) is 5. The number of ether oxygens (including phenoxy) is 1. The highest BCUT2D eigenvalue weighted by Gasteiger charge is 2.12. The Kier molecular flexibility index (Phi) is 6.64. The largest absolute Gasteiger partial charge is 0.469 e. The zero-order chi connectivity index (χ0) is 15.9. The number of esters is 1. The number of nitrogens with zero attached hydrogens (tertiary/aromatic N) is 1. The van der Waals surface area contributed by atoms with E-state index in [1.54, 1.807) is 12.1 Å². The predicted octanol–water partition coefficient (Wildman–Crippen LogP) is 1.44. The monoisotopic (exact) mass is 314 g/mol. The predicted molar refractivity (Wildman–Crippen MR) is 82.5 cm³/mol. The Bertz CT molecular complexity index is 570. The zero-order valence-electron chi connectivity index (χ0n) is 12.6. The molecule has 0 fully saturated rings. The van der Waals surface area contributed by atoms with Gasteiger partial charge in [0, 0.05) is 18.7 Å². The molecule has 0 amide bonds. The Morgan fingerprint density at radius 1 is 1.33 bits per heavy atom. The summed E-state index contributed by atoms with van der Waals surface area (Å²) in [5.41, 5.74) is 1.56. The molecule has 0 aliphatic rings. The van der Waals surface area contributed by atoms with Crippen molar-refractivity contribution in [1.82, 2.24) is 4.90 Å². The van der Waals surface area contributed by atoms with Crippen molar-refractivity contribution in [2.24, 2.45) is 0 Å². The first-order valence-corrected chi connectivity index (χ1v) is 8.28. The number of hydrogen-bond donors (Lipinski definition) is 1. The first kappa shape index (κ1) is 17.5. The lowest BCUT2D eigenvalue weighted by Crippen LogP contribution is -2.18. The molecule has 21 heavy (non-hydrogen) atoms. The normalized spacial score (nSPS) is 11.4. The molecule has 1 N–H and O–H groups in total. The van der Waals surface area contributed by atoms with Crippen LogP contribution in [0.15, 0.2) is 24.3 Å². The lowest BCUT2D eigenvalue weighted by atomic mass is 10.2. The Morgan fingerprint density at radius 2 is 2.05 bits per heavy atom. The van der Waals surface area contributed by atoms with E-state index in [0.717, 1.165) is 12.1 Å². The van der Waals surface area contributed by atoms with E-state index >= 15 is 0 Å². The van der Waals surface area contributed by atoms with Gasteiger partial charge in [-0.1, -0.05) is 12.1 Å². The standard InChI is InChI=1S/C14H22N2O4S/c1-16(2)11-12-6-4-7-13(10-12)15-21(18,19)9-5-8-14(17)20-3/h4,6-7,10,15H,5,8-9,11H2,1-3H3. The third-order valence-corrected chi connectivity index (χ3v) is 4.09. The van der Waals surface area contributed by atoms with Crippen molar-refractivity contribution in [1.29, 1.82) is 0 Å². The maximum absolute atomic E-state index is 11.9. The van der Waals surface area contributed by atoms with E-state index in [1.165, 1.54) is 7.11 Å². The summed E-state index contributed by atoms with van der Waals surface area (Å²) < 4.78 is 30.9. The van der Waals surface area contributed by atoms with Crippen LogP contribution >= 0.6 is 0 Å². The Morgan fingerprint density at radius 3 is 2.67 bits per heavy atom. The SMILES string of the molecule is COC(=O)CCCS(=O)(=O)Nc1cccc(CN(C)C)c1. The third kappa shape index (κ3) is 7.10. The van der Waals surface area contributed by atoms with Crippen molar-refractivity contribution in [2.45, 2.75) is 19.4 Å². The molecular formula is C14H22N2O4S. The molecule has 0 spiro atoms. The first-order chi connectivity index (χ1) is 9.82. The topological polar surface area (TPSA) is 75.7 Å². The lowest BCUT2D eigenvalue weighted by Gasteiger charge is -2.12. The molecule has 6 nitrogen and oxygen atoms in total. The van der Waals surface area contributed by atoms with Crippen LogP contribution in [-0.2, 0) is 26.1 Å². The second kappa shape index (κ2) is 7.99. The second-order valence-corrected chi connectivity index (χ2v) is 6.88. The molecule has 0 aliphatic carbocycles. The highest BCUT2D eigenvalue weighted by atomic mass is 32.2. The number of nitrogens with one attached hydrogen (secondary N) is 1. The van der Waals surface area contributed by atoms with E-state index in [1.807, 2.05) is 31.1 Å². The Labute approximate surface area is 126 Å². The minimum Gasteiger partial charge on any atom is -0.469 e. The average Bonchev–Trinajstić information content (AvgIpc) is 2.37. The molecule has 0 bridgehead atoms. The number of rotatable bonds is 8. The van der Waals surface area contributed by atoms with Gasteiger partial charge in [0.25, 0.3) is 0 Å². The maximum atomic E-state index is 11.9. The van der Waals surface area contributed by atoms with Gasteiger partial charge in [0.1, 0.15) is 0 Å². The average molecular weight is 314 g/mol. The van der Waals surface area contributed by atoms with E-state index in [-0.39, 0.29) is 18.6 Å². The maximum Gasteiger partial charge on any atom is 0.305 e. The van der Waals surface area contributed by atoms with E-state index in [4.69, 9.17) is 0 Å². The van der Waals surface area contributed by atoms with Crippen LogP contribution < -0.4 is 4.72 Å². The highest BCUT2D eigenvalue weighted by molar-refractivity contribution is 7.92. The smallest absolute Gasteiger partial charge is 0.305 e. The molecule has 118 valence electrons. The molecule has 0 saturated carbocycles. The van der Waals surface area contributed by atoms with Gasteiger partial charge in [0.05, 0.1) is 12.9 Å². The van der Waals surface area contributed by atoms with E-state index in [0.29, 0.717) is 5.69 Å². The quantitative estimate of drug-likeness (QED) is 0.735. The van der Waals surface area contributed by atoms with Gasteiger partial charge >= 0.3 is 5.97 Å². The molecule has 1 aromatic rings. The van der Waals surface area contributed by atoms with Crippen LogP contribution in [0.1, 0.15) is 18.4 Å². The molecule has 1 aromatic carbocycles. The van der Waals surface area contributed by atoms with E-state index in [9.17, 15) is 13.2 Å². The lowest BCUT2D eigenvalue weighted by molar-refractivity contribution is -0.140. The fourth-order valence-electron chi connectivity index (χ4n) is 1.84. The minimum atomic E-state index is -3.46. The summed E-state index contributed by atoms with van der Waals surface area (Å²) in [6, 6.07) is 7.26. The van der Waals surface area contributed by atoms with Crippen LogP contribution in [0.2, 0.25) is 0 Å². The summed E-state index contributed by atoms with van der Waals surface area (Å²) in [6.45, 7) is 0.734. The number of carbonyl (C=O) groups excluding carboxylic acids is 1. The number of sulfonamides is 1. The molecule has 0 heterocycles. The molecule has 0 atom stereocenters. The van der Waals surface area contributed by atoms with Gasteiger partial charge in [-0.3, -0.25) is 9.52 Å². The Balaban J connectivity index is 2.60. The summed E-state index contributed by atoms with van der Waals surface area (Å²) in [4.78, 5) is 13.0. The van der Waals surface area contributed by atoms with Gasteiger partial charge < -0.3 is 9.64 Å². The number of benzene rings is 1. The summed E-state index contributed by atoms with van der Waals surface area (Å²) in [5, 5.41) is 0. The molecule has 0 aromatic heterocycles. The summed E-state index contributed by atoms with van der Waals surface area (Å²) >= 11 is 0. The van der Waals surface area contributed by atoms with Gasteiger partial charge in [-0.05, 0) is 38.2 Å². The van der Waals surface area contributed by atoms with Crippen molar-refractivity contribution < 1.29 is 17.9 Å². The van der Waals surface area contributed by atoms with Gasteiger partial charge in [0.15, 0.2) is 0 Å². The molecule has 7 heteroatoms. The second-order valence-electron chi connectivity index (χ2n) is 5.04. The molecule has 0 radical (unpaired) electrons. The fourth-order valence-corrected chi connectivity index (χ4v) is 2.95. The summed E-state index contributed by atoms with van der Waals surface area (Å²) in [6.07, 6.45) is 0.331. The molecule has 1 rings (SSSR count). The molecule has 0 saturated heterocycles. The van der Waals surface area contributed by atoms with Crippen LogP contribution in [-0.4, -0.2) is 46.2 Å². The van der Waals surface area contributed by atoms with Crippen molar-refractivity contribution in [3.05, 3.63) is 29.8 Å². The van der Waals surface area contributed by atoms with Gasteiger partial charge in [-0.15, -0.1) is 0 Å². The number of methoxy groups -OCH3 is 1. The van der Waals surface area contributed by atoms with Gasteiger partial charge in [0.2, 0.25) is 10.0 Å². The van der Waals surface area contributed by atoms with Crippen molar-refractivity contribution >= 4 is 21.7 Å². The molecule has 0 aliphatic heterocycles. The van der Waals surface area contributed by atoms with Crippen LogP contribution in [0.4, 0.5) is 5.69 Å². The van der Waals surface area contributed by atoms with Gasteiger partial charge in [-0.2, -0.15) is 0 Å². The van der Waals surface area contributed by atoms with Crippen molar-refractivity contribution in [3.8, 4) is 0 Å².